The van der Waals surface area contributed by atoms with Gasteiger partial charge in [0.15, 0.2) is 0 Å². The number of hydrogen-bond donors (Lipinski definition) is 2. The third-order valence-electron chi connectivity index (χ3n) is 1.79. The fraction of sp³-hybridized carbons (Fsp3) is 0.444. The largest absolute Gasteiger partial charge is 0.325 e. The Balaban J connectivity index is 2.80. The van der Waals surface area contributed by atoms with Crippen LogP contribution < -0.4 is 11.3 Å². The summed E-state index contributed by atoms with van der Waals surface area (Å²) in [4.78, 5) is 13.6. The van der Waals surface area contributed by atoms with Crippen molar-refractivity contribution in [2.75, 3.05) is 0 Å². The van der Waals surface area contributed by atoms with Crippen molar-refractivity contribution in [2.45, 2.75) is 25.8 Å². The molecule has 3 nitrogen and oxygen atoms in total. The molecular weight excluding hydrogens is 152 g/mol. The molecule has 3 heteroatoms. The first-order chi connectivity index (χ1) is 5.74. The average Bonchev–Trinajstić information content (AvgIpc) is 2.05. The quantitative estimate of drug-likeness (QED) is 0.708. The second kappa shape index (κ2) is 4.07. The summed E-state index contributed by atoms with van der Waals surface area (Å²) in [5.41, 5.74) is 6.54. The zero-order valence-electron chi connectivity index (χ0n) is 7.21. The third kappa shape index (κ3) is 2.20. The van der Waals surface area contributed by atoms with Crippen molar-refractivity contribution in [1.82, 2.24) is 4.98 Å². The molecule has 0 spiro atoms. The van der Waals surface area contributed by atoms with Crippen LogP contribution in [0, 0.1) is 0 Å². The summed E-state index contributed by atoms with van der Waals surface area (Å²) in [6.45, 7) is 2.07. The molecule has 1 atom stereocenters. The maximum absolute atomic E-state index is 10.9. The standard InChI is InChI=1S/C9H14N2O/c1-2-4-7(10)8-5-3-6-9(12)11-8/h3,5-7H,2,4,10H2,1H3,(H,11,12). The lowest BCUT2D eigenvalue weighted by Gasteiger charge is -2.08. The van der Waals surface area contributed by atoms with E-state index >= 15 is 0 Å². The Kier molecular flexibility index (Phi) is 3.05. The van der Waals surface area contributed by atoms with Gasteiger partial charge in [0.25, 0.3) is 0 Å². The monoisotopic (exact) mass is 166 g/mol. The van der Waals surface area contributed by atoms with E-state index in [2.05, 4.69) is 11.9 Å². The van der Waals surface area contributed by atoms with Gasteiger partial charge in [-0.3, -0.25) is 4.79 Å². The third-order valence-corrected chi connectivity index (χ3v) is 1.79. The van der Waals surface area contributed by atoms with Gasteiger partial charge in [0, 0.05) is 17.8 Å². The number of nitrogens with two attached hydrogens (primary N) is 1. The fourth-order valence-electron chi connectivity index (χ4n) is 1.15. The summed E-state index contributed by atoms with van der Waals surface area (Å²) < 4.78 is 0. The lowest BCUT2D eigenvalue weighted by molar-refractivity contribution is 0.620. The van der Waals surface area contributed by atoms with Crippen molar-refractivity contribution >= 4 is 0 Å². The fourth-order valence-corrected chi connectivity index (χ4v) is 1.15. The van der Waals surface area contributed by atoms with Crippen LogP contribution in [0.3, 0.4) is 0 Å². The van der Waals surface area contributed by atoms with Crippen LogP contribution in [0.1, 0.15) is 31.5 Å². The minimum atomic E-state index is -0.0842. The van der Waals surface area contributed by atoms with E-state index in [1.54, 1.807) is 6.07 Å². The molecule has 0 saturated heterocycles. The first-order valence-corrected chi connectivity index (χ1v) is 4.19. The Bertz CT molecular complexity index is 293. The molecule has 1 aromatic heterocycles. The van der Waals surface area contributed by atoms with Gasteiger partial charge < -0.3 is 10.7 Å². The van der Waals surface area contributed by atoms with E-state index in [0.717, 1.165) is 18.5 Å². The predicted molar refractivity (Wildman–Crippen MR) is 48.9 cm³/mol. The van der Waals surface area contributed by atoms with Gasteiger partial charge in [-0.1, -0.05) is 19.4 Å². The van der Waals surface area contributed by atoms with Gasteiger partial charge in [0.2, 0.25) is 5.56 Å². The number of pyridine rings is 1. The summed E-state index contributed by atoms with van der Waals surface area (Å²) in [7, 11) is 0. The molecule has 0 saturated carbocycles. The lowest BCUT2D eigenvalue weighted by Crippen LogP contribution is -2.16. The Hall–Kier alpha value is -1.09. The van der Waals surface area contributed by atoms with Gasteiger partial charge >= 0.3 is 0 Å². The summed E-state index contributed by atoms with van der Waals surface area (Å²) >= 11 is 0. The minimum absolute atomic E-state index is 0.0381. The molecule has 1 unspecified atom stereocenters. The van der Waals surface area contributed by atoms with Crippen LogP contribution in [-0.4, -0.2) is 4.98 Å². The first kappa shape index (κ1) is 9.00. The molecule has 0 aromatic carbocycles. The highest BCUT2D eigenvalue weighted by atomic mass is 16.1. The summed E-state index contributed by atoms with van der Waals surface area (Å²) in [6, 6.07) is 5.03. The smallest absolute Gasteiger partial charge is 0.248 e. The molecule has 12 heavy (non-hydrogen) atoms. The Morgan fingerprint density at radius 3 is 2.92 bits per heavy atom. The highest BCUT2D eigenvalue weighted by Crippen LogP contribution is 2.10. The van der Waals surface area contributed by atoms with E-state index in [9.17, 15) is 4.79 Å². The number of H-pyrrole nitrogens is 1. The Labute approximate surface area is 71.6 Å². The van der Waals surface area contributed by atoms with Gasteiger partial charge in [-0.25, -0.2) is 0 Å². The minimum Gasteiger partial charge on any atom is -0.325 e. The van der Waals surface area contributed by atoms with Crippen molar-refractivity contribution in [3.05, 3.63) is 34.2 Å². The molecule has 0 aliphatic heterocycles. The van der Waals surface area contributed by atoms with Gasteiger partial charge in [-0.2, -0.15) is 0 Å². The molecule has 3 N–H and O–H groups in total. The van der Waals surface area contributed by atoms with Crippen LogP contribution in [0.2, 0.25) is 0 Å². The molecule has 0 bridgehead atoms. The molecule has 66 valence electrons. The second-order valence-electron chi connectivity index (χ2n) is 2.87. The zero-order valence-corrected chi connectivity index (χ0v) is 7.21. The van der Waals surface area contributed by atoms with Gasteiger partial charge in [-0.15, -0.1) is 0 Å². The van der Waals surface area contributed by atoms with Crippen LogP contribution in [-0.2, 0) is 0 Å². The van der Waals surface area contributed by atoms with Crippen LogP contribution in [0.5, 0.6) is 0 Å². The molecule has 0 amide bonds. The highest BCUT2D eigenvalue weighted by molar-refractivity contribution is 5.07. The number of rotatable bonds is 3. The lowest BCUT2D eigenvalue weighted by atomic mass is 10.1. The van der Waals surface area contributed by atoms with E-state index in [1.165, 1.54) is 6.07 Å². The van der Waals surface area contributed by atoms with Crippen LogP contribution in [0.15, 0.2) is 23.0 Å². The Morgan fingerprint density at radius 1 is 1.58 bits per heavy atom. The van der Waals surface area contributed by atoms with Crippen LogP contribution in [0.4, 0.5) is 0 Å². The van der Waals surface area contributed by atoms with E-state index in [1.807, 2.05) is 6.07 Å². The van der Waals surface area contributed by atoms with E-state index in [0.29, 0.717) is 0 Å². The first-order valence-electron chi connectivity index (χ1n) is 4.19. The topological polar surface area (TPSA) is 58.9 Å². The molecule has 0 fully saturated rings. The normalized spacial score (nSPS) is 12.8. The maximum Gasteiger partial charge on any atom is 0.248 e. The Morgan fingerprint density at radius 2 is 2.33 bits per heavy atom. The highest BCUT2D eigenvalue weighted by Gasteiger charge is 2.03. The van der Waals surface area contributed by atoms with Gasteiger partial charge in [0.1, 0.15) is 0 Å². The second-order valence-corrected chi connectivity index (χ2v) is 2.87. The van der Waals surface area contributed by atoms with E-state index in [-0.39, 0.29) is 11.6 Å². The number of hydrogen-bond acceptors (Lipinski definition) is 2. The molecule has 1 aromatic rings. The molecule has 0 aliphatic carbocycles. The molecule has 0 radical (unpaired) electrons. The van der Waals surface area contributed by atoms with E-state index in [4.69, 9.17) is 5.73 Å². The molecule has 0 aliphatic rings. The molecule has 1 rings (SSSR count). The van der Waals surface area contributed by atoms with Crippen LogP contribution in [0.25, 0.3) is 0 Å². The average molecular weight is 166 g/mol. The summed E-state index contributed by atoms with van der Waals surface area (Å²) in [6.07, 6.45) is 1.93. The van der Waals surface area contributed by atoms with Crippen molar-refractivity contribution in [1.29, 1.82) is 0 Å². The SMILES string of the molecule is CCCC(N)c1cccc(=O)[nH]1. The van der Waals surface area contributed by atoms with Crippen LogP contribution >= 0.6 is 0 Å². The van der Waals surface area contributed by atoms with Crippen molar-refractivity contribution in [3.63, 3.8) is 0 Å². The zero-order chi connectivity index (χ0) is 8.97. The summed E-state index contributed by atoms with van der Waals surface area (Å²) in [5, 5.41) is 0. The number of nitrogens with one attached hydrogen (secondary N) is 1. The molecular formula is C9H14N2O. The van der Waals surface area contributed by atoms with E-state index < -0.39 is 0 Å². The number of aromatic amines is 1. The summed E-state index contributed by atoms with van der Waals surface area (Å²) in [5.74, 6) is 0. The van der Waals surface area contributed by atoms with Gasteiger partial charge in [-0.05, 0) is 12.5 Å². The predicted octanol–water partition coefficient (Wildman–Crippen LogP) is 1.17. The van der Waals surface area contributed by atoms with Crippen molar-refractivity contribution < 1.29 is 0 Å². The number of aromatic nitrogens is 1. The molecule has 1 heterocycles. The van der Waals surface area contributed by atoms with Crippen molar-refractivity contribution in [2.24, 2.45) is 5.73 Å². The maximum atomic E-state index is 10.9. The van der Waals surface area contributed by atoms with Gasteiger partial charge in [0.05, 0.1) is 0 Å². The van der Waals surface area contributed by atoms with Crippen molar-refractivity contribution in [3.8, 4) is 0 Å².